The molecule has 7 heteroatoms. The van der Waals surface area contributed by atoms with E-state index in [9.17, 15) is 9.18 Å². The van der Waals surface area contributed by atoms with E-state index >= 15 is 0 Å². The molecule has 2 N–H and O–H groups in total. The zero-order valence-electron chi connectivity index (χ0n) is 13.4. The highest BCUT2D eigenvalue weighted by Gasteiger charge is 2.06. The summed E-state index contributed by atoms with van der Waals surface area (Å²) < 4.78 is 13.1. The Morgan fingerprint density at radius 1 is 1.22 bits per heavy atom. The molecule has 0 spiro atoms. The molecule has 0 aliphatic carbocycles. The first kappa shape index (κ1) is 16.7. The number of carbonyl (C=O) groups excluding carboxylic acids is 1. The van der Waals surface area contributed by atoms with Crippen molar-refractivity contribution < 1.29 is 9.18 Å². The largest absolute Gasteiger partial charge is 0.363 e. The van der Waals surface area contributed by atoms with Crippen LogP contribution in [0.2, 0.25) is 0 Å². The molecule has 0 fully saturated rings. The minimum Gasteiger partial charge on any atom is -0.363 e. The van der Waals surface area contributed by atoms with Crippen molar-refractivity contribution in [2.24, 2.45) is 0 Å². The molecule has 23 heavy (non-hydrogen) atoms. The van der Waals surface area contributed by atoms with E-state index in [0.29, 0.717) is 24.6 Å². The molecule has 1 aromatic heterocycles. The Kier molecular flexibility index (Phi) is 5.46. The molecule has 2 rings (SSSR count). The Morgan fingerprint density at radius 3 is 2.70 bits per heavy atom. The first-order valence-corrected chi connectivity index (χ1v) is 7.26. The summed E-state index contributed by atoms with van der Waals surface area (Å²) in [6.07, 6.45) is 0. The van der Waals surface area contributed by atoms with Crippen LogP contribution in [-0.2, 0) is 0 Å². The van der Waals surface area contributed by atoms with Gasteiger partial charge >= 0.3 is 0 Å². The third-order valence-corrected chi connectivity index (χ3v) is 3.08. The number of nitrogens with one attached hydrogen (secondary N) is 2. The highest BCUT2D eigenvalue weighted by Crippen LogP contribution is 2.11. The first-order valence-electron chi connectivity index (χ1n) is 7.26. The summed E-state index contributed by atoms with van der Waals surface area (Å²) in [4.78, 5) is 22.4. The maximum atomic E-state index is 13.1. The number of aromatic nitrogens is 2. The Bertz CT molecular complexity index is 690. The number of benzene rings is 1. The maximum absolute atomic E-state index is 13.1. The van der Waals surface area contributed by atoms with Crippen molar-refractivity contribution in [3.05, 3.63) is 47.4 Å². The molecular weight excluding hydrogens is 297 g/mol. The van der Waals surface area contributed by atoms with Gasteiger partial charge in [-0.05, 0) is 25.1 Å². The first-order chi connectivity index (χ1) is 11.0. The molecule has 2 aromatic rings. The van der Waals surface area contributed by atoms with Crippen LogP contribution in [0.3, 0.4) is 0 Å². The average molecular weight is 317 g/mol. The van der Waals surface area contributed by atoms with Crippen molar-refractivity contribution in [2.75, 3.05) is 37.4 Å². The molecule has 6 nitrogen and oxygen atoms in total. The molecule has 1 aromatic carbocycles. The summed E-state index contributed by atoms with van der Waals surface area (Å²) in [7, 11) is 3.82. The quantitative estimate of drug-likeness (QED) is 0.796. The van der Waals surface area contributed by atoms with E-state index in [1.807, 2.05) is 32.0 Å². The Balaban J connectivity index is 1.85. The standard InChI is InChI=1S/C16H20FN5O/c1-11-9-14(22(2)3)21-16(20-11)19-8-7-18-15(23)12-5-4-6-13(17)10-12/h4-6,9-10H,7-8H2,1-3H3,(H,18,23)(H,19,20,21). The second-order valence-corrected chi connectivity index (χ2v) is 5.28. The van der Waals surface area contributed by atoms with Crippen LogP contribution in [0.4, 0.5) is 16.2 Å². The topological polar surface area (TPSA) is 70.2 Å². The van der Waals surface area contributed by atoms with E-state index in [1.54, 1.807) is 6.07 Å². The highest BCUT2D eigenvalue weighted by atomic mass is 19.1. The number of hydrogen-bond donors (Lipinski definition) is 2. The van der Waals surface area contributed by atoms with Crippen LogP contribution in [0.5, 0.6) is 0 Å². The van der Waals surface area contributed by atoms with E-state index in [2.05, 4.69) is 20.6 Å². The van der Waals surface area contributed by atoms with E-state index < -0.39 is 5.82 Å². The average Bonchev–Trinajstić information content (AvgIpc) is 2.50. The highest BCUT2D eigenvalue weighted by molar-refractivity contribution is 5.94. The van der Waals surface area contributed by atoms with Crippen LogP contribution >= 0.6 is 0 Å². The number of aryl methyl sites for hydroxylation is 1. The summed E-state index contributed by atoms with van der Waals surface area (Å²) in [5.41, 5.74) is 1.15. The van der Waals surface area contributed by atoms with E-state index in [1.165, 1.54) is 18.2 Å². The predicted molar refractivity (Wildman–Crippen MR) is 88.3 cm³/mol. The second-order valence-electron chi connectivity index (χ2n) is 5.28. The second kappa shape index (κ2) is 7.53. The zero-order chi connectivity index (χ0) is 16.8. The molecular formula is C16H20FN5O. The smallest absolute Gasteiger partial charge is 0.251 e. The minimum atomic E-state index is -0.430. The fraction of sp³-hybridized carbons (Fsp3) is 0.312. The van der Waals surface area contributed by atoms with Crippen molar-refractivity contribution in [3.63, 3.8) is 0 Å². The fourth-order valence-corrected chi connectivity index (χ4v) is 1.94. The third-order valence-electron chi connectivity index (χ3n) is 3.08. The lowest BCUT2D eigenvalue weighted by atomic mass is 10.2. The normalized spacial score (nSPS) is 10.3. The lowest BCUT2D eigenvalue weighted by Gasteiger charge is -2.14. The SMILES string of the molecule is Cc1cc(N(C)C)nc(NCCNC(=O)c2cccc(F)c2)n1. The number of hydrogen-bond acceptors (Lipinski definition) is 5. The summed E-state index contributed by atoms with van der Waals surface area (Å²) >= 11 is 0. The number of rotatable bonds is 6. The van der Waals surface area contributed by atoms with Gasteiger partial charge in [0.15, 0.2) is 0 Å². The number of amides is 1. The van der Waals surface area contributed by atoms with Crippen LogP contribution in [-0.4, -0.2) is 43.1 Å². The van der Waals surface area contributed by atoms with Gasteiger partial charge < -0.3 is 15.5 Å². The van der Waals surface area contributed by atoms with E-state index in [0.717, 1.165) is 11.5 Å². The number of anilines is 2. The van der Waals surface area contributed by atoms with Gasteiger partial charge in [-0.2, -0.15) is 4.98 Å². The van der Waals surface area contributed by atoms with Gasteiger partial charge in [-0.15, -0.1) is 0 Å². The minimum absolute atomic E-state index is 0.298. The molecule has 1 amide bonds. The van der Waals surface area contributed by atoms with Gasteiger partial charge in [-0.25, -0.2) is 9.37 Å². The van der Waals surface area contributed by atoms with Gasteiger partial charge in [0.25, 0.3) is 5.91 Å². The zero-order valence-corrected chi connectivity index (χ0v) is 13.4. The Morgan fingerprint density at radius 2 is 2.00 bits per heavy atom. The van der Waals surface area contributed by atoms with Crippen LogP contribution < -0.4 is 15.5 Å². The maximum Gasteiger partial charge on any atom is 0.251 e. The predicted octanol–water partition coefficient (Wildman–Crippen LogP) is 1.83. The van der Waals surface area contributed by atoms with E-state index in [-0.39, 0.29) is 5.91 Å². The number of nitrogens with zero attached hydrogens (tertiary/aromatic N) is 3. The van der Waals surface area contributed by atoms with E-state index in [4.69, 9.17) is 0 Å². The molecule has 0 saturated heterocycles. The monoisotopic (exact) mass is 317 g/mol. The number of halogens is 1. The van der Waals surface area contributed by atoms with Crippen molar-refractivity contribution in [3.8, 4) is 0 Å². The third kappa shape index (κ3) is 4.91. The van der Waals surface area contributed by atoms with Gasteiger partial charge in [0, 0.05) is 44.5 Å². The lowest BCUT2D eigenvalue weighted by Crippen LogP contribution is -2.29. The summed E-state index contributed by atoms with van der Waals surface area (Å²) in [6, 6.07) is 7.47. The molecule has 122 valence electrons. The molecule has 0 saturated carbocycles. The molecule has 1 heterocycles. The van der Waals surface area contributed by atoms with Gasteiger partial charge in [0.1, 0.15) is 11.6 Å². The van der Waals surface area contributed by atoms with Gasteiger partial charge in [-0.1, -0.05) is 6.07 Å². The van der Waals surface area contributed by atoms with Crippen LogP contribution in [0.1, 0.15) is 16.1 Å². The van der Waals surface area contributed by atoms with Crippen LogP contribution in [0, 0.1) is 12.7 Å². The molecule has 0 radical (unpaired) electrons. The van der Waals surface area contributed by atoms with Crippen molar-refractivity contribution in [2.45, 2.75) is 6.92 Å². The lowest BCUT2D eigenvalue weighted by molar-refractivity contribution is 0.0954. The molecule has 0 bridgehead atoms. The fourth-order valence-electron chi connectivity index (χ4n) is 1.94. The van der Waals surface area contributed by atoms with Crippen LogP contribution in [0.15, 0.2) is 30.3 Å². The summed E-state index contributed by atoms with van der Waals surface area (Å²) in [5, 5.41) is 5.78. The van der Waals surface area contributed by atoms with Crippen LogP contribution in [0.25, 0.3) is 0 Å². The number of carbonyl (C=O) groups is 1. The Labute approximate surface area is 134 Å². The molecule has 0 atom stereocenters. The van der Waals surface area contributed by atoms with Crippen molar-refractivity contribution in [1.29, 1.82) is 0 Å². The van der Waals surface area contributed by atoms with Crippen molar-refractivity contribution in [1.82, 2.24) is 15.3 Å². The van der Waals surface area contributed by atoms with Gasteiger partial charge in [-0.3, -0.25) is 4.79 Å². The Hall–Kier alpha value is -2.70. The van der Waals surface area contributed by atoms with Gasteiger partial charge in [0.2, 0.25) is 5.95 Å². The summed E-state index contributed by atoms with van der Waals surface area (Å²) in [6.45, 7) is 2.74. The van der Waals surface area contributed by atoms with Gasteiger partial charge in [0.05, 0.1) is 0 Å². The molecule has 0 aliphatic rings. The summed E-state index contributed by atoms with van der Waals surface area (Å²) in [5.74, 6) is 0.572. The van der Waals surface area contributed by atoms with Crippen molar-refractivity contribution >= 4 is 17.7 Å². The molecule has 0 unspecified atom stereocenters. The molecule has 0 aliphatic heterocycles.